The van der Waals surface area contributed by atoms with Gasteiger partial charge in [0.05, 0.1) is 7.11 Å². The fourth-order valence-electron chi connectivity index (χ4n) is 2.08. The largest absolute Gasteiger partial charge is 0.469 e. The van der Waals surface area contributed by atoms with Gasteiger partial charge >= 0.3 is 12.1 Å². The molecule has 0 unspecified atom stereocenters. The van der Waals surface area contributed by atoms with E-state index in [-0.39, 0.29) is 18.4 Å². The van der Waals surface area contributed by atoms with Crippen molar-refractivity contribution in [1.82, 2.24) is 5.32 Å². The van der Waals surface area contributed by atoms with Gasteiger partial charge in [-0.2, -0.15) is 0 Å². The number of ether oxygens (including phenoxy) is 2. The Kier molecular flexibility index (Phi) is 6.88. The van der Waals surface area contributed by atoms with Crippen LogP contribution < -0.4 is 11.1 Å². The molecule has 0 aliphatic heterocycles. The van der Waals surface area contributed by atoms with Gasteiger partial charge in [-0.05, 0) is 45.2 Å². The zero-order valence-electron chi connectivity index (χ0n) is 14.2. The van der Waals surface area contributed by atoms with Gasteiger partial charge in [-0.1, -0.05) is 18.2 Å². The van der Waals surface area contributed by atoms with Crippen LogP contribution in [0.4, 0.5) is 10.5 Å². The summed E-state index contributed by atoms with van der Waals surface area (Å²) in [6.45, 7) is 5.39. The Morgan fingerprint density at radius 3 is 2.48 bits per heavy atom. The maximum absolute atomic E-state index is 12.0. The molecule has 3 N–H and O–H groups in total. The predicted octanol–water partition coefficient (Wildman–Crippen LogP) is 2.66. The molecule has 0 radical (unpaired) electrons. The molecular formula is C17H26N2O4. The number of amides is 1. The summed E-state index contributed by atoms with van der Waals surface area (Å²) >= 11 is 0. The molecule has 0 aromatic heterocycles. The zero-order chi connectivity index (χ0) is 17.5. The number of nitrogens with two attached hydrogens (primary N) is 1. The molecule has 23 heavy (non-hydrogen) atoms. The van der Waals surface area contributed by atoms with Crippen LogP contribution in [0.15, 0.2) is 24.3 Å². The van der Waals surface area contributed by atoms with Gasteiger partial charge in [0.25, 0.3) is 0 Å². The molecule has 1 rings (SSSR count). The fourth-order valence-corrected chi connectivity index (χ4v) is 2.08. The molecule has 6 nitrogen and oxygen atoms in total. The van der Waals surface area contributed by atoms with E-state index in [1.807, 2.05) is 18.2 Å². The van der Waals surface area contributed by atoms with Crippen LogP contribution in [0, 0.1) is 0 Å². The summed E-state index contributed by atoms with van der Waals surface area (Å²) in [6, 6.07) is 7.17. The van der Waals surface area contributed by atoms with E-state index < -0.39 is 11.7 Å². The van der Waals surface area contributed by atoms with Crippen molar-refractivity contribution >= 4 is 17.7 Å². The minimum absolute atomic E-state index is 0.212. The van der Waals surface area contributed by atoms with Crippen LogP contribution in [-0.2, 0) is 20.7 Å². The summed E-state index contributed by atoms with van der Waals surface area (Å²) in [7, 11) is 1.34. The first kappa shape index (κ1) is 18.8. The second kappa shape index (κ2) is 8.41. The van der Waals surface area contributed by atoms with Gasteiger partial charge in [0.15, 0.2) is 0 Å². The number of benzene rings is 1. The molecule has 0 aliphatic rings. The van der Waals surface area contributed by atoms with Crippen LogP contribution in [0.1, 0.15) is 39.2 Å². The first-order valence-electron chi connectivity index (χ1n) is 7.61. The maximum Gasteiger partial charge on any atom is 0.407 e. The van der Waals surface area contributed by atoms with E-state index >= 15 is 0 Å². The van der Waals surface area contributed by atoms with Crippen LogP contribution in [-0.4, -0.2) is 30.8 Å². The average Bonchev–Trinajstić information content (AvgIpc) is 2.44. The number of methoxy groups -OCH3 is 1. The minimum Gasteiger partial charge on any atom is -0.469 e. The molecule has 128 valence electrons. The van der Waals surface area contributed by atoms with Gasteiger partial charge < -0.3 is 20.5 Å². The van der Waals surface area contributed by atoms with Crippen LogP contribution in [0.25, 0.3) is 0 Å². The van der Waals surface area contributed by atoms with Crippen LogP contribution in [0.2, 0.25) is 0 Å². The van der Waals surface area contributed by atoms with Crippen LogP contribution in [0.5, 0.6) is 0 Å². The lowest BCUT2D eigenvalue weighted by Gasteiger charge is -2.24. The van der Waals surface area contributed by atoms with E-state index in [4.69, 9.17) is 10.5 Å². The highest BCUT2D eigenvalue weighted by Gasteiger charge is 2.21. The third kappa shape index (κ3) is 7.54. The molecule has 1 atom stereocenters. The SMILES string of the molecule is COC(=O)CC[C@H](Cc1ccccc1N)NC(=O)OC(C)(C)C. The normalized spacial score (nSPS) is 12.3. The highest BCUT2D eigenvalue weighted by atomic mass is 16.6. The quantitative estimate of drug-likeness (QED) is 0.620. The molecule has 1 aromatic carbocycles. The lowest BCUT2D eigenvalue weighted by Crippen LogP contribution is -2.40. The van der Waals surface area contributed by atoms with E-state index in [9.17, 15) is 9.59 Å². The predicted molar refractivity (Wildman–Crippen MR) is 89.0 cm³/mol. The van der Waals surface area contributed by atoms with E-state index in [1.54, 1.807) is 26.8 Å². The van der Waals surface area contributed by atoms with Crippen molar-refractivity contribution < 1.29 is 19.1 Å². The minimum atomic E-state index is -0.581. The molecule has 0 saturated heterocycles. The van der Waals surface area contributed by atoms with Gasteiger partial charge in [-0.15, -0.1) is 0 Å². The third-order valence-electron chi connectivity index (χ3n) is 3.17. The molecule has 0 fully saturated rings. The van der Waals surface area contributed by atoms with Crippen molar-refractivity contribution in [3.8, 4) is 0 Å². The summed E-state index contributed by atoms with van der Waals surface area (Å²) in [5.41, 5.74) is 6.94. The number of nitrogen functional groups attached to an aromatic ring is 1. The van der Waals surface area contributed by atoms with Crippen molar-refractivity contribution in [2.45, 2.75) is 51.7 Å². The number of esters is 1. The van der Waals surface area contributed by atoms with Crippen LogP contribution >= 0.6 is 0 Å². The highest BCUT2D eigenvalue weighted by Crippen LogP contribution is 2.16. The first-order chi connectivity index (χ1) is 10.7. The molecule has 0 spiro atoms. The monoisotopic (exact) mass is 322 g/mol. The summed E-state index contributed by atoms with van der Waals surface area (Å²) in [4.78, 5) is 23.3. The van der Waals surface area contributed by atoms with Crippen molar-refractivity contribution in [3.63, 3.8) is 0 Å². The Hall–Kier alpha value is -2.24. The number of hydrogen-bond acceptors (Lipinski definition) is 5. The zero-order valence-corrected chi connectivity index (χ0v) is 14.2. The summed E-state index contributed by atoms with van der Waals surface area (Å²) in [5, 5.41) is 2.80. The Morgan fingerprint density at radius 1 is 1.26 bits per heavy atom. The Balaban J connectivity index is 2.74. The van der Waals surface area contributed by atoms with Gasteiger partial charge in [0, 0.05) is 18.2 Å². The number of anilines is 1. The fraction of sp³-hybridized carbons (Fsp3) is 0.529. The molecule has 6 heteroatoms. The van der Waals surface area contributed by atoms with Crippen molar-refractivity contribution in [3.05, 3.63) is 29.8 Å². The maximum atomic E-state index is 12.0. The second-order valence-corrected chi connectivity index (χ2v) is 6.36. The molecule has 0 saturated carbocycles. The van der Waals surface area contributed by atoms with Gasteiger partial charge in [-0.3, -0.25) is 4.79 Å². The molecule has 1 amide bonds. The van der Waals surface area contributed by atoms with Gasteiger partial charge in [0.1, 0.15) is 5.60 Å². The smallest absolute Gasteiger partial charge is 0.407 e. The lowest BCUT2D eigenvalue weighted by molar-refractivity contribution is -0.140. The average molecular weight is 322 g/mol. The number of para-hydroxylation sites is 1. The number of alkyl carbamates (subject to hydrolysis) is 1. The van der Waals surface area contributed by atoms with E-state index in [0.29, 0.717) is 18.5 Å². The summed E-state index contributed by atoms with van der Waals surface area (Å²) in [6.07, 6.45) is 0.661. The molecule has 1 aromatic rings. The molecule has 0 heterocycles. The van der Waals surface area contributed by atoms with Gasteiger partial charge in [-0.25, -0.2) is 4.79 Å². The van der Waals surface area contributed by atoms with Crippen LogP contribution in [0.3, 0.4) is 0 Å². The van der Waals surface area contributed by atoms with Crippen molar-refractivity contribution in [2.24, 2.45) is 0 Å². The van der Waals surface area contributed by atoms with E-state index in [0.717, 1.165) is 5.56 Å². The lowest BCUT2D eigenvalue weighted by atomic mass is 10.0. The number of rotatable bonds is 6. The standard InChI is InChI=1S/C17H26N2O4/c1-17(2,3)23-16(21)19-13(9-10-15(20)22-4)11-12-7-5-6-8-14(12)18/h5-8,13H,9-11,18H2,1-4H3,(H,19,21)/t13-/m1/s1. The second-order valence-electron chi connectivity index (χ2n) is 6.36. The van der Waals surface area contributed by atoms with E-state index in [2.05, 4.69) is 10.1 Å². The Labute approximate surface area is 137 Å². The highest BCUT2D eigenvalue weighted by molar-refractivity contribution is 5.70. The topological polar surface area (TPSA) is 90.6 Å². The first-order valence-corrected chi connectivity index (χ1v) is 7.61. The summed E-state index contributed by atoms with van der Waals surface area (Å²) < 4.78 is 9.92. The Bertz CT molecular complexity index is 538. The molecule has 0 aliphatic carbocycles. The van der Waals surface area contributed by atoms with Gasteiger partial charge in [0.2, 0.25) is 0 Å². The van der Waals surface area contributed by atoms with Crippen molar-refractivity contribution in [2.75, 3.05) is 12.8 Å². The van der Waals surface area contributed by atoms with Crippen molar-refractivity contribution in [1.29, 1.82) is 0 Å². The number of hydrogen-bond donors (Lipinski definition) is 2. The number of carbonyl (C=O) groups is 2. The third-order valence-corrected chi connectivity index (χ3v) is 3.17. The molecule has 0 bridgehead atoms. The summed E-state index contributed by atoms with van der Waals surface area (Å²) in [5.74, 6) is -0.318. The number of carbonyl (C=O) groups excluding carboxylic acids is 2. The Morgan fingerprint density at radius 2 is 1.91 bits per heavy atom. The van der Waals surface area contributed by atoms with E-state index in [1.165, 1.54) is 7.11 Å². The number of nitrogens with one attached hydrogen (secondary N) is 1. The molecular weight excluding hydrogens is 296 g/mol.